The van der Waals surface area contributed by atoms with E-state index in [0.29, 0.717) is 18.8 Å². The van der Waals surface area contributed by atoms with Gasteiger partial charge in [0.2, 0.25) is 5.91 Å². The molecule has 0 bridgehead atoms. The van der Waals surface area contributed by atoms with Crippen molar-refractivity contribution in [1.82, 2.24) is 4.90 Å². The van der Waals surface area contributed by atoms with Gasteiger partial charge in [-0.3, -0.25) is 14.3 Å². The van der Waals surface area contributed by atoms with Crippen molar-refractivity contribution in [2.45, 2.75) is 37.9 Å². The third-order valence-electron chi connectivity index (χ3n) is 4.59. The second-order valence-electron chi connectivity index (χ2n) is 7.32. The Morgan fingerprint density at radius 1 is 1.00 bits per heavy atom. The van der Waals surface area contributed by atoms with E-state index in [1.807, 2.05) is 13.8 Å². The van der Waals surface area contributed by atoms with Gasteiger partial charge in [-0.15, -0.1) is 0 Å². The van der Waals surface area contributed by atoms with Crippen LogP contribution < -0.4 is 10.0 Å². The SMILES string of the molecule is CC(=O)Nc1ccc(S(=O)(=O)Nc2ccccc2C(=O)N2CC(C)OC(C)C2)cc1. The van der Waals surface area contributed by atoms with Crippen LogP contribution in [0.4, 0.5) is 11.4 Å². The molecule has 160 valence electrons. The van der Waals surface area contributed by atoms with Crippen LogP contribution >= 0.6 is 0 Å². The van der Waals surface area contributed by atoms with E-state index in [-0.39, 0.29) is 40.2 Å². The van der Waals surface area contributed by atoms with Crippen LogP contribution in [0, 0.1) is 0 Å². The molecule has 0 spiro atoms. The van der Waals surface area contributed by atoms with Crippen molar-refractivity contribution in [3.05, 3.63) is 54.1 Å². The van der Waals surface area contributed by atoms with Crippen molar-refractivity contribution in [3.63, 3.8) is 0 Å². The summed E-state index contributed by atoms with van der Waals surface area (Å²) in [7, 11) is -3.92. The number of hydrogen-bond acceptors (Lipinski definition) is 5. The van der Waals surface area contributed by atoms with Crippen LogP contribution in [0.25, 0.3) is 0 Å². The van der Waals surface area contributed by atoms with Crippen LogP contribution in [0.5, 0.6) is 0 Å². The average Bonchev–Trinajstić information content (AvgIpc) is 2.67. The molecule has 0 saturated carbocycles. The average molecular weight is 432 g/mol. The number of sulfonamides is 1. The molecule has 1 aliphatic heterocycles. The second kappa shape index (κ2) is 8.85. The van der Waals surface area contributed by atoms with Crippen molar-refractivity contribution in [2.24, 2.45) is 0 Å². The van der Waals surface area contributed by atoms with Gasteiger partial charge in [0, 0.05) is 25.7 Å². The molecule has 2 aromatic rings. The number of anilines is 2. The smallest absolute Gasteiger partial charge is 0.261 e. The number of ether oxygens (including phenoxy) is 1. The molecule has 0 aliphatic carbocycles. The molecule has 1 fully saturated rings. The number of carbonyl (C=O) groups excluding carboxylic acids is 2. The summed E-state index contributed by atoms with van der Waals surface area (Å²) in [4.78, 5) is 25.9. The van der Waals surface area contributed by atoms with Crippen molar-refractivity contribution in [1.29, 1.82) is 0 Å². The van der Waals surface area contributed by atoms with Crippen molar-refractivity contribution >= 4 is 33.2 Å². The molecule has 0 aromatic heterocycles. The lowest BCUT2D eigenvalue weighted by atomic mass is 10.1. The first-order chi connectivity index (χ1) is 14.2. The number of benzene rings is 2. The summed E-state index contributed by atoms with van der Waals surface area (Å²) < 4.78 is 33.9. The Balaban J connectivity index is 1.83. The van der Waals surface area contributed by atoms with Gasteiger partial charge >= 0.3 is 0 Å². The van der Waals surface area contributed by atoms with Gasteiger partial charge in [0.25, 0.3) is 15.9 Å². The third kappa shape index (κ3) is 5.17. The van der Waals surface area contributed by atoms with E-state index in [1.165, 1.54) is 31.2 Å². The molecule has 1 aliphatic rings. The normalized spacial score (nSPS) is 19.2. The summed E-state index contributed by atoms with van der Waals surface area (Å²) >= 11 is 0. The molecule has 0 radical (unpaired) electrons. The highest BCUT2D eigenvalue weighted by Gasteiger charge is 2.28. The summed E-state index contributed by atoms with van der Waals surface area (Å²) in [5, 5.41) is 2.59. The van der Waals surface area contributed by atoms with Crippen LogP contribution in [0.15, 0.2) is 53.4 Å². The number of nitrogens with zero attached hydrogens (tertiary/aromatic N) is 1. The fourth-order valence-electron chi connectivity index (χ4n) is 3.40. The predicted molar refractivity (Wildman–Crippen MR) is 114 cm³/mol. The number of amides is 2. The maximum Gasteiger partial charge on any atom is 0.261 e. The van der Waals surface area contributed by atoms with E-state index in [4.69, 9.17) is 4.74 Å². The minimum absolute atomic E-state index is 0.0208. The first-order valence-electron chi connectivity index (χ1n) is 9.60. The maximum absolute atomic E-state index is 13.1. The lowest BCUT2D eigenvalue weighted by molar-refractivity contribution is -0.114. The van der Waals surface area contributed by atoms with E-state index in [1.54, 1.807) is 29.2 Å². The minimum atomic E-state index is -3.92. The van der Waals surface area contributed by atoms with Gasteiger partial charge in [-0.1, -0.05) is 12.1 Å². The molecule has 2 aromatic carbocycles. The number of hydrogen-bond donors (Lipinski definition) is 2. The molecule has 2 unspecified atom stereocenters. The fourth-order valence-corrected chi connectivity index (χ4v) is 4.48. The first-order valence-corrected chi connectivity index (χ1v) is 11.1. The van der Waals surface area contributed by atoms with Crippen molar-refractivity contribution in [2.75, 3.05) is 23.1 Å². The van der Waals surface area contributed by atoms with Crippen LogP contribution in [-0.2, 0) is 19.6 Å². The zero-order valence-electron chi connectivity index (χ0n) is 17.1. The molecule has 8 nitrogen and oxygen atoms in total. The van der Waals surface area contributed by atoms with Gasteiger partial charge in [-0.25, -0.2) is 8.42 Å². The van der Waals surface area contributed by atoms with Crippen LogP contribution in [0.3, 0.4) is 0 Å². The molecule has 2 atom stereocenters. The number of rotatable bonds is 5. The predicted octanol–water partition coefficient (Wildman–Crippen LogP) is 2.70. The number of morpholine rings is 1. The highest BCUT2D eigenvalue weighted by Crippen LogP contribution is 2.24. The number of carbonyl (C=O) groups is 2. The van der Waals surface area contributed by atoms with E-state index >= 15 is 0 Å². The van der Waals surface area contributed by atoms with Crippen LogP contribution in [0.1, 0.15) is 31.1 Å². The van der Waals surface area contributed by atoms with Crippen molar-refractivity contribution in [3.8, 4) is 0 Å². The Kier molecular flexibility index (Phi) is 6.42. The lowest BCUT2D eigenvalue weighted by Crippen LogP contribution is -2.48. The Labute approximate surface area is 176 Å². The zero-order valence-corrected chi connectivity index (χ0v) is 17.9. The molecule has 9 heteroatoms. The molecular weight excluding hydrogens is 406 g/mol. The Bertz CT molecular complexity index is 1030. The summed E-state index contributed by atoms with van der Waals surface area (Å²) in [6, 6.07) is 12.3. The quantitative estimate of drug-likeness (QED) is 0.757. The van der Waals surface area contributed by atoms with E-state index in [2.05, 4.69) is 10.0 Å². The van der Waals surface area contributed by atoms with Gasteiger partial charge < -0.3 is 15.0 Å². The minimum Gasteiger partial charge on any atom is -0.372 e. The van der Waals surface area contributed by atoms with Gasteiger partial charge in [0.15, 0.2) is 0 Å². The van der Waals surface area contributed by atoms with E-state index in [0.717, 1.165) is 0 Å². The summed E-state index contributed by atoms with van der Waals surface area (Å²) in [5.41, 5.74) is 0.977. The van der Waals surface area contributed by atoms with E-state index < -0.39 is 10.0 Å². The summed E-state index contributed by atoms with van der Waals surface area (Å²) in [5.74, 6) is -0.501. The van der Waals surface area contributed by atoms with Gasteiger partial charge in [0.1, 0.15) is 0 Å². The third-order valence-corrected chi connectivity index (χ3v) is 5.98. The number of nitrogens with one attached hydrogen (secondary N) is 2. The second-order valence-corrected chi connectivity index (χ2v) is 9.01. The number of para-hydroxylation sites is 1. The lowest BCUT2D eigenvalue weighted by Gasteiger charge is -2.35. The van der Waals surface area contributed by atoms with Crippen LogP contribution in [-0.4, -0.2) is 50.4 Å². The molecule has 2 N–H and O–H groups in total. The zero-order chi connectivity index (χ0) is 21.9. The summed E-state index contributed by atoms with van der Waals surface area (Å²) in [6.45, 7) is 6.05. The van der Waals surface area contributed by atoms with E-state index in [9.17, 15) is 18.0 Å². The summed E-state index contributed by atoms with van der Waals surface area (Å²) in [6.07, 6.45) is -0.188. The molecule has 2 amide bonds. The van der Waals surface area contributed by atoms with Crippen LogP contribution in [0.2, 0.25) is 0 Å². The van der Waals surface area contributed by atoms with Crippen molar-refractivity contribution < 1.29 is 22.7 Å². The molecule has 1 saturated heterocycles. The van der Waals surface area contributed by atoms with Gasteiger partial charge in [0.05, 0.1) is 28.4 Å². The molecule has 30 heavy (non-hydrogen) atoms. The Morgan fingerprint density at radius 2 is 1.60 bits per heavy atom. The fraction of sp³-hybridized carbons (Fsp3) is 0.333. The van der Waals surface area contributed by atoms with Gasteiger partial charge in [-0.05, 0) is 50.2 Å². The highest BCUT2D eigenvalue weighted by atomic mass is 32.2. The Hall–Kier alpha value is -2.91. The molecular formula is C21H25N3O5S. The molecule has 3 rings (SSSR count). The maximum atomic E-state index is 13.1. The highest BCUT2D eigenvalue weighted by molar-refractivity contribution is 7.92. The largest absolute Gasteiger partial charge is 0.372 e. The van der Waals surface area contributed by atoms with Gasteiger partial charge in [-0.2, -0.15) is 0 Å². The Morgan fingerprint density at radius 3 is 2.20 bits per heavy atom. The monoisotopic (exact) mass is 431 g/mol. The molecule has 1 heterocycles. The standard InChI is InChI=1S/C21H25N3O5S/c1-14-12-24(13-15(2)29-14)21(26)19-6-4-5-7-20(19)23-30(27,28)18-10-8-17(9-11-18)22-16(3)25/h4-11,14-15,23H,12-13H2,1-3H3,(H,22,25). The topological polar surface area (TPSA) is 105 Å². The first kappa shape index (κ1) is 21.8.